The molecule has 0 unspecified atom stereocenters. The summed E-state index contributed by atoms with van der Waals surface area (Å²) in [5.41, 5.74) is 2.91. The topological polar surface area (TPSA) is 108 Å². The Morgan fingerprint density at radius 2 is 1.80 bits per heavy atom. The minimum Gasteiger partial charge on any atom is -0.508 e. The number of phenolic OH excluding ortho intramolecular Hbond substituents is 1. The number of anilines is 2. The highest BCUT2D eigenvalue weighted by Gasteiger charge is 2.26. The second-order valence-electron chi connectivity index (χ2n) is 8.15. The molecule has 10 nitrogen and oxygen atoms in total. The summed E-state index contributed by atoms with van der Waals surface area (Å²) >= 11 is 0. The van der Waals surface area contributed by atoms with Crippen LogP contribution < -0.4 is 9.96 Å². The average Bonchev–Trinajstić information content (AvgIpc) is 3.34. The van der Waals surface area contributed by atoms with Gasteiger partial charge in [-0.2, -0.15) is 4.28 Å². The highest BCUT2D eigenvalue weighted by atomic mass is 35.5. The van der Waals surface area contributed by atoms with Crippen LogP contribution in [0.4, 0.5) is 16.2 Å². The van der Waals surface area contributed by atoms with Crippen molar-refractivity contribution in [1.29, 1.82) is 0 Å². The lowest BCUT2D eigenvalue weighted by Crippen LogP contribution is -2.46. The Balaban J connectivity index is 0.00000342. The van der Waals surface area contributed by atoms with Crippen LogP contribution in [0.1, 0.15) is 12.8 Å². The largest absolute Gasteiger partial charge is 0.508 e. The minimum absolute atomic E-state index is 0. The van der Waals surface area contributed by atoms with Gasteiger partial charge in [0.25, 0.3) is 11.0 Å². The van der Waals surface area contributed by atoms with Gasteiger partial charge in [-0.25, -0.2) is 23.3 Å². The fraction of sp³-hybridized carbons (Fsp3) is 0.304. The lowest BCUT2D eigenvalue weighted by molar-refractivity contribution is 0.181. The molecule has 2 aromatic carbocycles. The van der Waals surface area contributed by atoms with E-state index in [0.29, 0.717) is 11.4 Å². The molecule has 1 saturated heterocycles. The Morgan fingerprint density at radius 3 is 2.46 bits per heavy atom. The first kappa shape index (κ1) is 26.3. The molecule has 35 heavy (non-hydrogen) atoms. The molecule has 2 heterocycles. The highest BCUT2D eigenvalue weighted by Crippen LogP contribution is 2.26. The SMILES string of the molecule is CN(O[SH](=O)=O)c1cccc(-c2cn(C(=O)N(C)C3CCN(c4ccc(O)cc4)CC3)cn2)c1.Cl. The summed E-state index contributed by atoms with van der Waals surface area (Å²) in [7, 11) is 0.279. The third-order valence-corrected chi connectivity index (χ3v) is 6.41. The zero-order chi connectivity index (χ0) is 24.2. The molecular formula is C23H28ClN5O5S. The van der Waals surface area contributed by atoms with E-state index in [1.165, 1.54) is 17.9 Å². The van der Waals surface area contributed by atoms with Gasteiger partial charge >= 0.3 is 6.03 Å². The van der Waals surface area contributed by atoms with Gasteiger partial charge in [-0.15, -0.1) is 12.4 Å². The van der Waals surface area contributed by atoms with Crippen molar-refractivity contribution in [2.24, 2.45) is 0 Å². The number of carbonyl (C=O) groups excluding carboxylic acids is 1. The van der Waals surface area contributed by atoms with Crippen molar-refractivity contribution in [2.45, 2.75) is 18.9 Å². The minimum atomic E-state index is -3.02. The number of aromatic hydroxyl groups is 1. The van der Waals surface area contributed by atoms with Gasteiger partial charge in [0.15, 0.2) is 0 Å². The Kier molecular flexibility index (Phi) is 8.60. The predicted octanol–water partition coefficient (Wildman–Crippen LogP) is 3.14. The number of amides is 1. The molecule has 0 saturated carbocycles. The van der Waals surface area contributed by atoms with Gasteiger partial charge in [0.2, 0.25) is 0 Å². The first-order valence-electron chi connectivity index (χ1n) is 10.8. The fourth-order valence-electron chi connectivity index (χ4n) is 4.10. The number of thiol groups is 1. The summed E-state index contributed by atoms with van der Waals surface area (Å²) < 4.78 is 27.8. The van der Waals surface area contributed by atoms with Crippen LogP contribution in [0.3, 0.4) is 0 Å². The van der Waals surface area contributed by atoms with Gasteiger partial charge < -0.3 is 14.9 Å². The number of aromatic nitrogens is 2. The van der Waals surface area contributed by atoms with Gasteiger partial charge in [-0.05, 0) is 49.2 Å². The molecular weight excluding hydrogens is 494 g/mol. The molecule has 1 aliphatic rings. The van der Waals surface area contributed by atoms with Crippen molar-refractivity contribution in [3.05, 3.63) is 61.1 Å². The molecule has 0 bridgehead atoms. The standard InChI is InChI=1S/C23H27N5O5S.ClH/c1-25(18-10-12-27(13-11-18)19-6-8-21(29)9-7-19)23(30)28-15-22(24-16-28)17-4-3-5-20(14-17)26(2)33-34(31)32;/h3-9,14-16,18,29,34H,10-13H2,1-2H3;1H. The van der Waals surface area contributed by atoms with Gasteiger partial charge in [0.05, 0.1) is 11.4 Å². The lowest BCUT2D eigenvalue weighted by Gasteiger charge is -2.37. The van der Waals surface area contributed by atoms with E-state index in [9.17, 15) is 18.3 Å². The van der Waals surface area contributed by atoms with E-state index < -0.39 is 11.0 Å². The van der Waals surface area contributed by atoms with E-state index in [1.807, 2.05) is 18.2 Å². The van der Waals surface area contributed by atoms with E-state index in [4.69, 9.17) is 4.28 Å². The maximum atomic E-state index is 13.1. The van der Waals surface area contributed by atoms with Crippen molar-refractivity contribution in [2.75, 3.05) is 37.1 Å². The molecule has 0 aliphatic carbocycles. The first-order chi connectivity index (χ1) is 16.3. The van der Waals surface area contributed by atoms with Gasteiger partial charge in [0.1, 0.15) is 12.1 Å². The van der Waals surface area contributed by atoms with Crippen molar-refractivity contribution in [3.8, 4) is 17.0 Å². The van der Waals surface area contributed by atoms with E-state index in [0.717, 1.165) is 42.2 Å². The van der Waals surface area contributed by atoms with Gasteiger partial charge in [-0.3, -0.25) is 4.57 Å². The number of hydrogen-bond acceptors (Lipinski definition) is 8. The molecule has 0 spiro atoms. The average molecular weight is 522 g/mol. The molecule has 188 valence electrons. The van der Waals surface area contributed by atoms with Crippen LogP contribution in [0, 0.1) is 0 Å². The molecule has 1 N–H and O–H groups in total. The third-order valence-electron chi connectivity index (χ3n) is 6.03. The molecule has 3 aromatic rings. The fourth-order valence-corrected chi connectivity index (χ4v) is 4.39. The van der Waals surface area contributed by atoms with E-state index >= 15 is 0 Å². The molecule has 0 radical (unpaired) electrons. The predicted molar refractivity (Wildman–Crippen MR) is 137 cm³/mol. The van der Waals surface area contributed by atoms with Crippen LogP contribution >= 0.6 is 12.4 Å². The van der Waals surface area contributed by atoms with Crippen molar-refractivity contribution in [1.82, 2.24) is 14.5 Å². The number of hydrogen-bond donors (Lipinski definition) is 2. The van der Waals surface area contributed by atoms with Crippen LogP contribution in [-0.4, -0.2) is 67.2 Å². The second kappa shape index (κ2) is 11.4. The van der Waals surface area contributed by atoms with Gasteiger partial charge in [0, 0.05) is 50.7 Å². The number of piperidine rings is 1. The first-order valence-corrected chi connectivity index (χ1v) is 11.9. The summed E-state index contributed by atoms with van der Waals surface area (Å²) in [4.78, 5) is 21.5. The highest BCUT2D eigenvalue weighted by molar-refractivity contribution is 7.67. The number of phenols is 1. The molecule has 0 atom stereocenters. The van der Waals surface area contributed by atoms with Gasteiger partial charge in [-0.1, -0.05) is 12.1 Å². The monoisotopic (exact) mass is 521 g/mol. The second-order valence-corrected chi connectivity index (χ2v) is 8.76. The van der Waals surface area contributed by atoms with Crippen molar-refractivity contribution in [3.63, 3.8) is 0 Å². The smallest absolute Gasteiger partial charge is 0.329 e. The van der Waals surface area contributed by atoms with Crippen molar-refractivity contribution >= 4 is 40.8 Å². The number of rotatable bonds is 6. The Labute approximate surface area is 211 Å². The Hall–Kier alpha value is -3.28. The van der Waals surface area contributed by atoms with Crippen molar-refractivity contribution < 1.29 is 22.6 Å². The van der Waals surface area contributed by atoms with E-state index in [2.05, 4.69) is 9.88 Å². The molecule has 1 amide bonds. The molecule has 1 aliphatic heterocycles. The normalized spacial score (nSPS) is 14.0. The lowest BCUT2D eigenvalue weighted by atomic mass is 10.0. The quantitative estimate of drug-likeness (QED) is 0.376. The Morgan fingerprint density at radius 1 is 1.11 bits per heavy atom. The number of nitrogens with zero attached hydrogens (tertiary/aromatic N) is 5. The number of halogens is 1. The summed E-state index contributed by atoms with van der Waals surface area (Å²) in [6.07, 6.45) is 4.82. The number of carbonyl (C=O) groups is 1. The zero-order valence-electron chi connectivity index (χ0n) is 19.4. The summed E-state index contributed by atoms with van der Waals surface area (Å²) in [6.45, 7) is 1.64. The number of imidazole rings is 1. The molecule has 12 heteroatoms. The third kappa shape index (κ3) is 6.24. The molecule has 4 rings (SSSR count). The van der Waals surface area contributed by atoms with Crippen LogP contribution in [0.25, 0.3) is 11.3 Å². The maximum Gasteiger partial charge on any atom is 0.329 e. The van der Waals surface area contributed by atoms with Crippen LogP contribution in [0.5, 0.6) is 5.75 Å². The molecule has 1 aromatic heterocycles. The van der Waals surface area contributed by atoms with Crippen LogP contribution in [0.2, 0.25) is 0 Å². The Bertz CT molecular complexity index is 1220. The number of hydroxylamine groups is 1. The van der Waals surface area contributed by atoms with E-state index in [-0.39, 0.29) is 30.2 Å². The summed E-state index contributed by atoms with van der Waals surface area (Å²) in [5.74, 6) is 0.245. The maximum absolute atomic E-state index is 13.1. The number of benzene rings is 2. The zero-order valence-corrected chi connectivity index (χ0v) is 21.1. The summed E-state index contributed by atoms with van der Waals surface area (Å²) in [6, 6.07) is 14.1. The molecule has 1 fully saturated rings. The van der Waals surface area contributed by atoms with E-state index in [1.54, 1.807) is 48.5 Å². The van der Waals surface area contributed by atoms with Crippen LogP contribution in [-0.2, 0) is 15.3 Å². The van der Waals surface area contributed by atoms with Crippen LogP contribution in [0.15, 0.2) is 61.1 Å². The summed E-state index contributed by atoms with van der Waals surface area (Å²) in [5, 5.41) is 10.6.